The molecule has 2 aromatic carbocycles. The zero-order valence-electron chi connectivity index (χ0n) is 16.9. The van der Waals surface area contributed by atoms with Gasteiger partial charge in [0.05, 0.1) is 11.6 Å². The maximum atomic E-state index is 14.2. The van der Waals surface area contributed by atoms with Crippen LogP contribution in [0.3, 0.4) is 0 Å². The van der Waals surface area contributed by atoms with Gasteiger partial charge in [0, 0.05) is 19.0 Å². The van der Waals surface area contributed by atoms with E-state index in [1.54, 1.807) is 19.2 Å². The van der Waals surface area contributed by atoms with Crippen LogP contribution < -0.4 is 5.32 Å². The fraction of sp³-hybridized carbons (Fsp3) is 0.348. The van der Waals surface area contributed by atoms with Gasteiger partial charge in [-0.1, -0.05) is 25.1 Å². The van der Waals surface area contributed by atoms with Crippen molar-refractivity contribution in [3.63, 3.8) is 0 Å². The van der Waals surface area contributed by atoms with Crippen molar-refractivity contribution in [1.29, 1.82) is 5.26 Å². The summed E-state index contributed by atoms with van der Waals surface area (Å²) in [5, 5.41) is 12.1. The zero-order chi connectivity index (χ0) is 21.9. The van der Waals surface area contributed by atoms with E-state index in [0.717, 1.165) is 5.56 Å². The highest BCUT2D eigenvalue weighted by Crippen LogP contribution is 2.27. The average Bonchev–Trinajstić information content (AvgIpc) is 2.74. The number of rotatable bonds is 6. The first kappa shape index (κ1) is 21.4. The van der Waals surface area contributed by atoms with Crippen molar-refractivity contribution in [3.05, 3.63) is 70.8 Å². The molecule has 2 aromatic rings. The van der Waals surface area contributed by atoms with Gasteiger partial charge >= 0.3 is 0 Å². The molecule has 3 rings (SSSR count). The Labute approximate surface area is 174 Å². The third-order valence-electron chi connectivity index (χ3n) is 5.79. The van der Waals surface area contributed by atoms with Crippen LogP contribution in [0, 0.1) is 23.0 Å². The molecule has 1 heterocycles. The molecule has 0 spiro atoms. The SMILES string of the molecule is CCC1(Cc2ccc(F)cc2)NC(=O)C(CCc2c(F)cccc2C#N)N(C)C1=O. The lowest BCUT2D eigenvalue weighted by molar-refractivity contribution is -0.153. The number of hydrogen-bond donors (Lipinski definition) is 1. The monoisotopic (exact) mass is 411 g/mol. The highest BCUT2D eigenvalue weighted by molar-refractivity contribution is 5.99. The van der Waals surface area contributed by atoms with E-state index in [4.69, 9.17) is 0 Å². The van der Waals surface area contributed by atoms with Crippen molar-refractivity contribution in [2.24, 2.45) is 0 Å². The molecule has 0 bridgehead atoms. The van der Waals surface area contributed by atoms with Crippen LogP contribution in [0.5, 0.6) is 0 Å². The number of nitriles is 1. The third kappa shape index (κ3) is 4.04. The minimum Gasteiger partial charge on any atom is -0.340 e. The second-order valence-corrected chi connectivity index (χ2v) is 7.58. The summed E-state index contributed by atoms with van der Waals surface area (Å²) in [6, 6.07) is 11.3. The van der Waals surface area contributed by atoms with E-state index in [2.05, 4.69) is 5.32 Å². The summed E-state index contributed by atoms with van der Waals surface area (Å²) in [5.74, 6) is -1.44. The van der Waals surface area contributed by atoms with Gasteiger partial charge in [0.15, 0.2) is 0 Å². The fourth-order valence-corrected chi connectivity index (χ4v) is 3.99. The molecular formula is C23H23F2N3O2. The van der Waals surface area contributed by atoms with Gasteiger partial charge in [-0.25, -0.2) is 8.78 Å². The summed E-state index contributed by atoms with van der Waals surface area (Å²) in [6.07, 6.45) is 0.970. The molecule has 1 saturated heterocycles. The summed E-state index contributed by atoms with van der Waals surface area (Å²) >= 11 is 0. The lowest BCUT2D eigenvalue weighted by atomic mass is 9.83. The van der Waals surface area contributed by atoms with E-state index < -0.39 is 17.4 Å². The van der Waals surface area contributed by atoms with Crippen LogP contribution in [-0.2, 0) is 22.4 Å². The molecule has 156 valence electrons. The number of carbonyl (C=O) groups excluding carboxylic acids is 2. The lowest BCUT2D eigenvalue weighted by Crippen LogP contribution is -2.70. The number of amides is 2. The Hall–Kier alpha value is -3.27. The first-order valence-corrected chi connectivity index (χ1v) is 9.82. The van der Waals surface area contributed by atoms with E-state index in [1.165, 1.54) is 35.2 Å². The quantitative estimate of drug-likeness (QED) is 0.794. The second-order valence-electron chi connectivity index (χ2n) is 7.58. The van der Waals surface area contributed by atoms with Crippen LogP contribution in [0.1, 0.15) is 36.5 Å². The molecule has 30 heavy (non-hydrogen) atoms. The van der Waals surface area contributed by atoms with Gasteiger partial charge in [-0.15, -0.1) is 0 Å². The van der Waals surface area contributed by atoms with Gasteiger partial charge in [-0.2, -0.15) is 5.26 Å². The predicted molar refractivity (Wildman–Crippen MR) is 107 cm³/mol. The summed E-state index contributed by atoms with van der Waals surface area (Å²) in [4.78, 5) is 27.5. The van der Waals surface area contributed by atoms with Crippen LogP contribution in [-0.4, -0.2) is 35.3 Å². The molecule has 7 heteroatoms. The molecule has 1 aliphatic heterocycles. The topological polar surface area (TPSA) is 73.2 Å². The van der Waals surface area contributed by atoms with Gasteiger partial charge in [-0.05, 0) is 49.1 Å². The number of nitrogens with one attached hydrogen (secondary N) is 1. The van der Waals surface area contributed by atoms with Gasteiger partial charge < -0.3 is 10.2 Å². The summed E-state index contributed by atoms with van der Waals surface area (Å²) in [6.45, 7) is 1.81. The highest BCUT2D eigenvalue weighted by atomic mass is 19.1. The van der Waals surface area contributed by atoms with Crippen molar-refractivity contribution in [2.75, 3.05) is 7.05 Å². The second kappa shape index (κ2) is 8.62. The fourth-order valence-electron chi connectivity index (χ4n) is 3.99. The summed E-state index contributed by atoms with van der Waals surface area (Å²) in [5.41, 5.74) is 0.0890. The zero-order valence-corrected chi connectivity index (χ0v) is 16.9. The molecule has 0 aliphatic carbocycles. The van der Waals surface area contributed by atoms with Gasteiger partial charge in [0.25, 0.3) is 0 Å². The molecular weight excluding hydrogens is 388 g/mol. The van der Waals surface area contributed by atoms with E-state index in [1.807, 2.05) is 13.0 Å². The molecule has 1 N–H and O–H groups in total. The Balaban J connectivity index is 1.79. The minimum atomic E-state index is -1.12. The standard InChI is InChI=1S/C23H23F2N3O2/c1-3-23(13-15-7-9-17(24)10-8-15)22(30)28(2)20(21(29)27-23)12-11-18-16(14-26)5-4-6-19(18)25/h4-10,20H,3,11-13H2,1-2H3,(H,27,29). The van der Waals surface area contributed by atoms with Crippen LogP contribution in [0.4, 0.5) is 8.78 Å². The Morgan fingerprint density at radius 3 is 2.50 bits per heavy atom. The predicted octanol–water partition coefficient (Wildman–Crippen LogP) is 3.12. The maximum Gasteiger partial charge on any atom is 0.249 e. The van der Waals surface area contributed by atoms with Crippen LogP contribution in [0.25, 0.3) is 0 Å². The molecule has 1 aliphatic rings. The normalized spacial score (nSPS) is 21.3. The average molecular weight is 411 g/mol. The lowest BCUT2D eigenvalue weighted by Gasteiger charge is -2.44. The number of piperazine rings is 1. The molecule has 2 atom stereocenters. The van der Waals surface area contributed by atoms with Crippen LogP contribution in [0.2, 0.25) is 0 Å². The minimum absolute atomic E-state index is 0.155. The molecule has 5 nitrogen and oxygen atoms in total. The Kier molecular flexibility index (Phi) is 6.16. The number of likely N-dealkylation sites (N-methyl/N-ethyl adjacent to an activating group) is 1. The smallest absolute Gasteiger partial charge is 0.249 e. The molecule has 1 fully saturated rings. The van der Waals surface area contributed by atoms with Gasteiger partial charge in [0.1, 0.15) is 23.2 Å². The van der Waals surface area contributed by atoms with Gasteiger partial charge in [0.2, 0.25) is 11.8 Å². The van der Waals surface area contributed by atoms with Crippen molar-refractivity contribution in [1.82, 2.24) is 10.2 Å². The van der Waals surface area contributed by atoms with E-state index >= 15 is 0 Å². The molecule has 0 aromatic heterocycles. The number of nitrogens with zero attached hydrogens (tertiary/aromatic N) is 2. The molecule has 0 saturated carbocycles. The number of carbonyl (C=O) groups is 2. The number of benzene rings is 2. The molecule has 0 radical (unpaired) electrons. The summed E-state index contributed by atoms with van der Waals surface area (Å²) in [7, 11) is 1.56. The number of halogens is 2. The summed E-state index contributed by atoms with van der Waals surface area (Å²) < 4.78 is 27.4. The van der Waals surface area contributed by atoms with Crippen molar-refractivity contribution < 1.29 is 18.4 Å². The van der Waals surface area contributed by atoms with Crippen molar-refractivity contribution >= 4 is 11.8 Å². The molecule has 2 amide bonds. The maximum absolute atomic E-state index is 14.2. The van der Waals surface area contributed by atoms with E-state index in [-0.39, 0.29) is 48.0 Å². The Bertz CT molecular complexity index is 1000. The van der Waals surface area contributed by atoms with Crippen molar-refractivity contribution in [2.45, 2.75) is 44.2 Å². The van der Waals surface area contributed by atoms with Crippen LogP contribution >= 0.6 is 0 Å². The molecule has 2 unspecified atom stereocenters. The third-order valence-corrected chi connectivity index (χ3v) is 5.79. The Morgan fingerprint density at radius 1 is 1.17 bits per heavy atom. The van der Waals surface area contributed by atoms with E-state index in [9.17, 15) is 23.6 Å². The first-order chi connectivity index (χ1) is 14.3. The van der Waals surface area contributed by atoms with Gasteiger partial charge in [-0.3, -0.25) is 9.59 Å². The van der Waals surface area contributed by atoms with Crippen LogP contribution in [0.15, 0.2) is 42.5 Å². The highest BCUT2D eigenvalue weighted by Gasteiger charge is 2.48. The van der Waals surface area contributed by atoms with E-state index in [0.29, 0.717) is 6.42 Å². The first-order valence-electron chi connectivity index (χ1n) is 9.82. The Morgan fingerprint density at radius 2 is 1.87 bits per heavy atom. The van der Waals surface area contributed by atoms with Crippen molar-refractivity contribution in [3.8, 4) is 6.07 Å². The largest absolute Gasteiger partial charge is 0.340 e. The number of hydrogen-bond acceptors (Lipinski definition) is 3.